The summed E-state index contributed by atoms with van der Waals surface area (Å²) in [5, 5.41) is 2.69. The first-order valence-electron chi connectivity index (χ1n) is 7.94. The van der Waals surface area contributed by atoms with E-state index in [-0.39, 0.29) is 5.91 Å². The molecule has 122 valence electrons. The van der Waals surface area contributed by atoms with Crippen molar-refractivity contribution in [1.82, 2.24) is 5.32 Å². The largest absolute Gasteiger partial charge is 0.489 e. The Morgan fingerprint density at radius 1 is 1.00 bits per heavy atom. The number of carbonyl (C=O) groups is 1. The van der Waals surface area contributed by atoms with E-state index < -0.39 is 0 Å². The molecule has 3 nitrogen and oxygen atoms in total. The van der Waals surface area contributed by atoms with Crippen LogP contribution in [-0.4, -0.2) is 5.91 Å². The Hall–Kier alpha value is -2.55. The van der Waals surface area contributed by atoms with Gasteiger partial charge >= 0.3 is 0 Å². The molecule has 0 aromatic heterocycles. The summed E-state index contributed by atoms with van der Waals surface area (Å²) in [6.07, 6.45) is 3.79. The lowest BCUT2D eigenvalue weighted by Crippen LogP contribution is -2.18. The fourth-order valence-corrected chi connectivity index (χ4v) is 1.86. The molecule has 0 spiro atoms. The van der Waals surface area contributed by atoms with Crippen LogP contribution in [0.3, 0.4) is 0 Å². The first-order valence-corrected chi connectivity index (χ1v) is 7.94. The average Bonchev–Trinajstić information content (AvgIpc) is 2.62. The molecule has 2 aromatic carbocycles. The summed E-state index contributed by atoms with van der Waals surface area (Å²) in [6.45, 7) is 6.40. The van der Waals surface area contributed by atoms with Gasteiger partial charge in [-0.2, -0.15) is 0 Å². The smallest absolute Gasteiger partial charge is 0.228 e. The van der Waals surface area contributed by atoms with Crippen LogP contribution < -0.4 is 10.1 Å². The second-order valence-corrected chi connectivity index (χ2v) is 4.66. The molecule has 2 rings (SSSR count). The predicted molar refractivity (Wildman–Crippen MR) is 95.2 cm³/mol. The monoisotopic (exact) mass is 311 g/mol. The van der Waals surface area contributed by atoms with Gasteiger partial charge in [-0.05, 0) is 36.4 Å². The van der Waals surface area contributed by atoms with E-state index in [1.165, 1.54) is 0 Å². The van der Waals surface area contributed by atoms with Crippen molar-refractivity contribution in [3.8, 4) is 5.75 Å². The maximum absolute atomic E-state index is 11.6. The molecular formula is C20H25NO2. The van der Waals surface area contributed by atoms with Gasteiger partial charge in [0.1, 0.15) is 12.4 Å². The van der Waals surface area contributed by atoms with E-state index in [4.69, 9.17) is 4.74 Å². The van der Waals surface area contributed by atoms with E-state index >= 15 is 0 Å². The number of hydrogen-bond donors (Lipinski definition) is 1. The predicted octanol–water partition coefficient (Wildman–Crippen LogP) is 4.48. The van der Waals surface area contributed by atoms with Crippen LogP contribution in [0, 0.1) is 0 Å². The maximum atomic E-state index is 11.6. The standard InChI is InChI=1S/C18H19NO2.C2H6/c1-2-12-19-18(20)13-15-8-10-17(11-9-15)21-14-16-6-4-3-5-7-16;1-2/h2-12H,13-14H2,1H3,(H,19,20);1-2H3/b12-2+;. The van der Waals surface area contributed by atoms with Crippen LogP contribution in [-0.2, 0) is 17.8 Å². The second-order valence-electron chi connectivity index (χ2n) is 4.66. The van der Waals surface area contributed by atoms with Gasteiger partial charge in [-0.15, -0.1) is 0 Å². The van der Waals surface area contributed by atoms with E-state index in [1.807, 2.05) is 75.4 Å². The van der Waals surface area contributed by atoms with Crippen LogP contribution in [0.15, 0.2) is 66.9 Å². The van der Waals surface area contributed by atoms with E-state index in [0.717, 1.165) is 16.9 Å². The third kappa shape index (κ3) is 7.32. The van der Waals surface area contributed by atoms with Crippen molar-refractivity contribution in [2.24, 2.45) is 0 Å². The highest BCUT2D eigenvalue weighted by atomic mass is 16.5. The Kier molecular flexibility index (Phi) is 8.91. The lowest BCUT2D eigenvalue weighted by Gasteiger charge is -2.07. The van der Waals surface area contributed by atoms with Gasteiger partial charge < -0.3 is 10.1 Å². The first kappa shape index (κ1) is 18.5. The summed E-state index contributed by atoms with van der Waals surface area (Å²) in [4.78, 5) is 11.6. The van der Waals surface area contributed by atoms with Crippen molar-refractivity contribution in [3.63, 3.8) is 0 Å². The molecule has 1 N–H and O–H groups in total. The van der Waals surface area contributed by atoms with Gasteiger partial charge in [0.15, 0.2) is 0 Å². The zero-order valence-corrected chi connectivity index (χ0v) is 14.1. The molecule has 0 aliphatic rings. The Morgan fingerprint density at radius 2 is 1.65 bits per heavy atom. The summed E-state index contributed by atoms with van der Waals surface area (Å²) in [5.74, 6) is 0.780. The molecule has 0 saturated heterocycles. The Morgan fingerprint density at radius 3 is 2.26 bits per heavy atom. The van der Waals surface area contributed by atoms with Crippen LogP contribution in [0.25, 0.3) is 0 Å². The van der Waals surface area contributed by atoms with Crippen LogP contribution in [0.4, 0.5) is 0 Å². The van der Waals surface area contributed by atoms with Crippen molar-refractivity contribution in [1.29, 1.82) is 0 Å². The first-order chi connectivity index (χ1) is 11.3. The third-order valence-corrected chi connectivity index (χ3v) is 2.95. The Balaban J connectivity index is 0.00000127. The van der Waals surface area contributed by atoms with Gasteiger partial charge in [0.05, 0.1) is 6.42 Å². The fourth-order valence-electron chi connectivity index (χ4n) is 1.86. The van der Waals surface area contributed by atoms with Gasteiger partial charge in [0, 0.05) is 0 Å². The molecule has 0 aliphatic heterocycles. The molecule has 23 heavy (non-hydrogen) atoms. The molecule has 0 heterocycles. The minimum Gasteiger partial charge on any atom is -0.489 e. The van der Waals surface area contributed by atoms with Crippen LogP contribution in [0.1, 0.15) is 31.9 Å². The van der Waals surface area contributed by atoms with Crippen molar-refractivity contribution in [3.05, 3.63) is 78.0 Å². The summed E-state index contributed by atoms with van der Waals surface area (Å²) in [5.41, 5.74) is 2.09. The zero-order chi connectivity index (χ0) is 16.9. The van der Waals surface area contributed by atoms with E-state index in [2.05, 4.69) is 5.32 Å². The minimum atomic E-state index is -0.0222. The van der Waals surface area contributed by atoms with Crippen LogP contribution in [0.2, 0.25) is 0 Å². The summed E-state index contributed by atoms with van der Waals surface area (Å²) >= 11 is 0. The molecule has 0 bridgehead atoms. The van der Waals surface area contributed by atoms with Gasteiger partial charge in [-0.3, -0.25) is 4.79 Å². The molecule has 1 amide bonds. The Bertz CT molecular complexity index is 589. The van der Waals surface area contributed by atoms with Crippen LogP contribution >= 0.6 is 0 Å². The minimum absolute atomic E-state index is 0.0222. The number of benzene rings is 2. The molecular weight excluding hydrogens is 286 g/mol. The van der Waals surface area contributed by atoms with Gasteiger partial charge in [-0.25, -0.2) is 0 Å². The van der Waals surface area contributed by atoms with Crippen molar-refractivity contribution in [2.45, 2.75) is 33.8 Å². The molecule has 0 atom stereocenters. The second kappa shape index (κ2) is 11.1. The van der Waals surface area contributed by atoms with Crippen molar-refractivity contribution < 1.29 is 9.53 Å². The molecule has 0 fully saturated rings. The molecule has 0 saturated carbocycles. The number of allylic oxidation sites excluding steroid dienone is 1. The number of carbonyl (C=O) groups excluding carboxylic acids is 1. The number of hydrogen-bond acceptors (Lipinski definition) is 2. The molecule has 0 radical (unpaired) electrons. The number of nitrogens with one attached hydrogen (secondary N) is 1. The highest BCUT2D eigenvalue weighted by Crippen LogP contribution is 2.14. The molecule has 3 heteroatoms. The summed E-state index contributed by atoms with van der Waals surface area (Å²) < 4.78 is 5.71. The van der Waals surface area contributed by atoms with Gasteiger partial charge in [0.25, 0.3) is 0 Å². The fraction of sp³-hybridized carbons (Fsp3) is 0.250. The lowest BCUT2D eigenvalue weighted by molar-refractivity contribution is -0.119. The Labute approximate surface area is 139 Å². The quantitative estimate of drug-likeness (QED) is 0.854. The maximum Gasteiger partial charge on any atom is 0.228 e. The molecule has 0 unspecified atom stereocenters. The normalized spacial score (nSPS) is 9.87. The van der Waals surface area contributed by atoms with Gasteiger partial charge in [-0.1, -0.05) is 62.4 Å². The van der Waals surface area contributed by atoms with E-state index in [0.29, 0.717) is 13.0 Å². The van der Waals surface area contributed by atoms with Crippen molar-refractivity contribution in [2.75, 3.05) is 0 Å². The summed E-state index contributed by atoms with van der Waals surface area (Å²) in [6, 6.07) is 17.6. The number of rotatable bonds is 6. The topological polar surface area (TPSA) is 38.3 Å². The number of amides is 1. The highest BCUT2D eigenvalue weighted by Gasteiger charge is 2.02. The number of ether oxygens (including phenoxy) is 1. The van der Waals surface area contributed by atoms with E-state index in [1.54, 1.807) is 12.3 Å². The lowest BCUT2D eigenvalue weighted by atomic mass is 10.1. The van der Waals surface area contributed by atoms with Gasteiger partial charge in [0.2, 0.25) is 5.91 Å². The molecule has 2 aromatic rings. The third-order valence-electron chi connectivity index (χ3n) is 2.95. The average molecular weight is 311 g/mol. The highest BCUT2D eigenvalue weighted by molar-refractivity contribution is 5.79. The summed E-state index contributed by atoms with van der Waals surface area (Å²) in [7, 11) is 0. The van der Waals surface area contributed by atoms with E-state index in [9.17, 15) is 4.79 Å². The molecule has 0 aliphatic carbocycles. The van der Waals surface area contributed by atoms with Crippen LogP contribution in [0.5, 0.6) is 5.75 Å². The SMILES string of the molecule is C/C=C/NC(=O)Cc1ccc(OCc2ccccc2)cc1.CC. The zero-order valence-electron chi connectivity index (χ0n) is 14.1. The van der Waals surface area contributed by atoms with Crippen molar-refractivity contribution >= 4 is 5.91 Å².